The molecule has 2 heterocycles. The van der Waals surface area contributed by atoms with Crippen LogP contribution in [0.25, 0.3) is 33.4 Å². The molecular formula is C32H33N3O6S. The summed E-state index contributed by atoms with van der Waals surface area (Å²) in [6.07, 6.45) is 1.88. The van der Waals surface area contributed by atoms with Crippen molar-refractivity contribution >= 4 is 44.3 Å². The van der Waals surface area contributed by atoms with E-state index < -0.39 is 22.0 Å². The number of Topliss-reactive ketones (excluding diaryl/α,β-unsaturated/α-hetero) is 1. The first kappa shape index (κ1) is 29.1. The highest BCUT2D eigenvalue weighted by Gasteiger charge is 2.28. The average Bonchev–Trinajstić information content (AvgIpc) is 3.54. The molecule has 0 saturated carbocycles. The first-order valence-electron chi connectivity index (χ1n) is 13.9. The molecule has 9 nitrogen and oxygen atoms in total. The smallest absolute Gasteiger partial charge is 0.251 e. The molecule has 0 spiro atoms. The van der Waals surface area contributed by atoms with E-state index in [1.165, 1.54) is 4.31 Å². The number of benzene rings is 3. The lowest BCUT2D eigenvalue weighted by Gasteiger charge is -2.24. The highest BCUT2D eigenvalue weighted by Crippen LogP contribution is 2.42. The van der Waals surface area contributed by atoms with Crippen molar-refractivity contribution in [2.45, 2.75) is 39.7 Å². The molecule has 1 aliphatic heterocycles. The summed E-state index contributed by atoms with van der Waals surface area (Å²) in [6, 6.07) is 17.2. The van der Waals surface area contributed by atoms with Crippen LogP contribution in [0.3, 0.4) is 0 Å². The molecule has 4 aromatic rings. The molecule has 218 valence electrons. The Hall–Kier alpha value is -4.44. The third kappa shape index (κ3) is 5.54. The number of hydrogen-bond donors (Lipinski definition) is 2. The quantitative estimate of drug-likeness (QED) is 0.263. The van der Waals surface area contributed by atoms with Crippen LogP contribution in [-0.2, 0) is 14.8 Å². The zero-order valence-electron chi connectivity index (χ0n) is 24.0. The number of anilines is 1. The van der Waals surface area contributed by atoms with Crippen molar-refractivity contribution in [1.82, 2.24) is 10.6 Å². The van der Waals surface area contributed by atoms with E-state index >= 15 is 0 Å². The normalized spacial score (nSPS) is 15.0. The van der Waals surface area contributed by atoms with E-state index in [4.69, 9.17) is 4.42 Å². The number of carbonyl (C=O) groups is 3. The topological polar surface area (TPSA) is 126 Å². The molecule has 3 aromatic carbocycles. The number of furan rings is 1. The summed E-state index contributed by atoms with van der Waals surface area (Å²) < 4.78 is 33.4. The Labute approximate surface area is 244 Å². The second-order valence-corrected chi connectivity index (χ2v) is 12.3. The van der Waals surface area contributed by atoms with Crippen molar-refractivity contribution in [3.8, 4) is 22.5 Å². The van der Waals surface area contributed by atoms with E-state index in [2.05, 4.69) is 10.6 Å². The first-order chi connectivity index (χ1) is 20.0. The monoisotopic (exact) mass is 587 g/mol. The summed E-state index contributed by atoms with van der Waals surface area (Å²) in [4.78, 5) is 38.4. The minimum atomic E-state index is -3.70. The standard InChI is InChI=1S/C32H33N3O6S/c1-5-27(36)29-24-17-23(21-8-7-9-22(16-21)31(37)34-25-14-15-33-32(25)38)26(35(6-2)42(4,39)40)18-28(24)41-30(29)20-12-10-19(3)11-13-20/h7-13,16-18,25H,5-6,14-15H2,1-4H3,(H,33,38)(H,34,37)/t25-/m0/s1. The molecule has 2 amide bonds. The fraction of sp³-hybridized carbons (Fsp3) is 0.281. The van der Waals surface area contributed by atoms with Crippen molar-refractivity contribution in [3.63, 3.8) is 0 Å². The van der Waals surface area contributed by atoms with Crippen molar-refractivity contribution < 1.29 is 27.2 Å². The number of hydrogen-bond acceptors (Lipinski definition) is 6. The van der Waals surface area contributed by atoms with Gasteiger partial charge in [-0.1, -0.05) is 48.9 Å². The highest BCUT2D eigenvalue weighted by atomic mass is 32.2. The Balaban J connectivity index is 1.72. The molecule has 1 aliphatic rings. The van der Waals surface area contributed by atoms with E-state index in [0.717, 1.165) is 17.4 Å². The Bertz CT molecular complexity index is 1810. The Morgan fingerprint density at radius 1 is 1.05 bits per heavy atom. The van der Waals surface area contributed by atoms with Crippen molar-refractivity contribution in [2.24, 2.45) is 0 Å². The lowest BCUT2D eigenvalue weighted by Crippen LogP contribution is -2.40. The molecule has 1 fully saturated rings. The van der Waals surface area contributed by atoms with Crippen LogP contribution in [-0.4, -0.2) is 51.4 Å². The predicted molar refractivity (Wildman–Crippen MR) is 163 cm³/mol. The lowest BCUT2D eigenvalue weighted by atomic mass is 9.95. The fourth-order valence-corrected chi connectivity index (χ4v) is 6.29. The van der Waals surface area contributed by atoms with Gasteiger partial charge in [0.2, 0.25) is 15.9 Å². The molecule has 0 bridgehead atoms. The third-order valence-corrected chi connectivity index (χ3v) is 8.72. The predicted octanol–water partition coefficient (Wildman–Crippen LogP) is 5.07. The number of carbonyl (C=O) groups excluding carboxylic acids is 3. The number of nitrogens with one attached hydrogen (secondary N) is 2. The minimum absolute atomic E-state index is 0.110. The Kier molecular flexibility index (Phi) is 7.92. The van der Waals surface area contributed by atoms with Crippen LogP contribution in [0.2, 0.25) is 0 Å². The highest BCUT2D eigenvalue weighted by molar-refractivity contribution is 7.92. The number of amides is 2. The summed E-state index contributed by atoms with van der Waals surface area (Å²) in [5, 5.41) is 6.02. The van der Waals surface area contributed by atoms with Crippen LogP contribution in [0.15, 0.2) is 65.1 Å². The SMILES string of the molecule is CCC(=O)c1c(-c2ccc(C)cc2)oc2cc(N(CC)S(C)(=O)=O)c(-c3cccc(C(=O)N[C@H]4CCNC4=O)c3)cc12. The summed E-state index contributed by atoms with van der Waals surface area (Å²) in [6.45, 7) is 6.14. The van der Waals surface area contributed by atoms with Crippen LogP contribution < -0.4 is 14.9 Å². The Morgan fingerprint density at radius 3 is 2.40 bits per heavy atom. The molecule has 10 heteroatoms. The minimum Gasteiger partial charge on any atom is -0.455 e. The molecular weight excluding hydrogens is 554 g/mol. The van der Waals surface area contributed by atoms with Gasteiger partial charge in [0.15, 0.2) is 5.78 Å². The van der Waals surface area contributed by atoms with E-state index in [9.17, 15) is 22.8 Å². The van der Waals surface area contributed by atoms with Gasteiger partial charge in [0.05, 0.1) is 17.5 Å². The molecule has 0 aliphatic carbocycles. The van der Waals surface area contributed by atoms with E-state index in [1.807, 2.05) is 31.2 Å². The van der Waals surface area contributed by atoms with Gasteiger partial charge in [-0.05, 0) is 44.0 Å². The molecule has 1 aromatic heterocycles. The largest absolute Gasteiger partial charge is 0.455 e. The van der Waals surface area contributed by atoms with E-state index in [1.54, 1.807) is 50.2 Å². The molecule has 1 atom stereocenters. The summed E-state index contributed by atoms with van der Waals surface area (Å²) in [7, 11) is -3.70. The zero-order chi connectivity index (χ0) is 30.2. The molecule has 42 heavy (non-hydrogen) atoms. The molecule has 1 saturated heterocycles. The maximum absolute atomic E-state index is 13.3. The van der Waals surface area contributed by atoms with Crippen molar-refractivity contribution in [1.29, 1.82) is 0 Å². The van der Waals surface area contributed by atoms with Gasteiger partial charge in [0.1, 0.15) is 17.4 Å². The van der Waals surface area contributed by atoms with Crippen molar-refractivity contribution in [2.75, 3.05) is 23.7 Å². The summed E-state index contributed by atoms with van der Waals surface area (Å²) in [5.41, 5.74) is 4.37. The van der Waals surface area contributed by atoms with Gasteiger partial charge in [0.25, 0.3) is 5.91 Å². The number of aryl methyl sites for hydroxylation is 1. The maximum atomic E-state index is 13.3. The molecule has 0 radical (unpaired) electrons. The van der Waals surface area contributed by atoms with Gasteiger partial charge in [-0.25, -0.2) is 8.42 Å². The van der Waals surface area contributed by atoms with Crippen LogP contribution in [0.5, 0.6) is 0 Å². The molecule has 5 rings (SSSR count). The van der Waals surface area contributed by atoms with Crippen LogP contribution in [0.1, 0.15) is 53.0 Å². The second-order valence-electron chi connectivity index (χ2n) is 10.4. The van der Waals surface area contributed by atoms with Gasteiger partial charge in [-0.15, -0.1) is 0 Å². The summed E-state index contributed by atoms with van der Waals surface area (Å²) in [5.74, 6) is -0.327. The maximum Gasteiger partial charge on any atom is 0.251 e. The van der Waals surface area contributed by atoms with Crippen LogP contribution >= 0.6 is 0 Å². The van der Waals surface area contributed by atoms with Gasteiger partial charge in [-0.2, -0.15) is 0 Å². The van der Waals surface area contributed by atoms with Gasteiger partial charge >= 0.3 is 0 Å². The number of ketones is 1. The lowest BCUT2D eigenvalue weighted by molar-refractivity contribution is -0.120. The Morgan fingerprint density at radius 2 is 1.79 bits per heavy atom. The van der Waals surface area contributed by atoms with E-state index in [0.29, 0.717) is 57.6 Å². The number of rotatable bonds is 9. The summed E-state index contributed by atoms with van der Waals surface area (Å²) >= 11 is 0. The van der Waals surface area contributed by atoms with E-state index in [-0.39, 0.29) is 24.7 Å². The first-order valence-corrected chi connectivity index (χ1v) is 15.7. The third-order valence-electron chi connectivity index (χ3n) is 7.47. The number of fused-ring (bicyclic) bond motifs is 1. The molecule has 0 unspecified atom stereocenters. The molecule has 2 N–H and O–H groups in total. The van der Waals surface area contributed by atoms with Crippen LogP contribution in [0.4, 0.5) is 5.69 Å². The van der Waals surface area contributed by atoms with Gasteiger partial charge in [0, 0.05) is 47.7 Å². The fourth-order valence-electron chi connectivity index (χ4n) is 5.32. The second kappa shape index (κ2) is 11.4. The average molecular weight is 588 g/mol. The number of sulfonamides is 1. The van der Waals surface area contributed by atoms with Crippen molar-refractivity contribution in [3.05, 3.63) is 77.4 Å². The zero-order valence-corrected chi connectivity index (χ0v) is 24.8. The number of nitrogens with zero attached hydrogens (tertiary/aromatic N) is 1. The van der Waals surface area contributed by atoms with Crippen LogP contribution in [0, 0.1) is 6.92 Å². The van der Waals surface area contributed by atoms with Gasteiger partial charge in [-0.3, -0.25) is 18.7 Å². The van der Waals surface area contributed by atoms with Gasteiger partial charge < -0.3 is 15.1 Å².